The number of hydrogen-bond donors (Lipinski definition) is 1. The van der Waals surface area contributed by atoms with Crippen molar-refractivity contribution < 1.29 is 19.1 Å². The van der Waals surface area contributed by atoms with Gasteiger partial charge in [-0.25, -0.2) is 10.2 Å². The van der Waals surface area contributed by atoms with Gasteiger partial charge in [0.25, 0.3) is 5.91 Å². The van der Waals surface area contributed by atoms with Crippen molar-refractivity contribution in [1.29, 1.82) is 0 Å². The molecule has 6 heteroatoms. The lowest BCUT2D eigenvalue weighted by atomic mass is 10.1. The van der Waals surface area contributed by atoms with E-state index in [9.17, 15) is 9.59 Å². The lowest BCUT2D eigenvalue weighted by Crippen LogP contribution is -2.24. The van der Waals surface area contributed by atoms with Gasteiger partial charge >= 0.3 is 5.97 Å². The molecule has 0 aliphatic carbocycles. The van der Waals surface area contributed by atoms with Gasteiger partial charge in [-0.2, -0.15) is 5.10 Å². The molecule has 0 aliphatic rings. The number of aryl methyl sites for hydroxylation is 2. The van der Waals surface area contributed by atoms with E-state index in [1.165, 1.54) is 6.21 Å². The number of benzene rings is 3. The van der Waals surface area contributed by atoms with Crippen LogP contribution in [0.4, 0.5) is 0 Å². The molecule has 6 nitrogen and oxygen atoms in total. The number of rotatable bonds is 7. The number of nitrogens with one attached hydrogen (secondary N) is 1. The smallest absolute Gasteiger partial charge is 0.343 e. The van der Waals surface area contributed by atoms with E-state index in [0.717, 1.165) is 11.1 Å². The zero-order valence-electron chi connectivity index (χ0n) is 16.8. The summed E-state index contributed by atoms with van der Waals surface area (Å²) in [5, 5.41) is 3.92. The van der Waals surface area contributed by atoms with Crippen LogP contribution in [0, 0.1) is 13.8 Å². The van der Waals surface area contributed by atoms with Crippen molar-refractivity contribution in [2.24, 2.45) is 5.10 Å². The van der Waals surface area contributed by atoms with Crippen molar-refractivity contribution >= 4 is 18.1 Å². The SMILES string of the molecule is Cc1ccc(OCC(=O)NN=Cc2cccc(OC(=O)c3ccccc3)c2)c(C)c1. The van der Waals surface area contributed by atoms with Crippen LogP contribution in [0.3, 0.4) is 0 Å². The summed E-state index contributed by atoms with van der Waals surface area (Å²) in [5.41, 5.74) is 5.65. The van der Waals surface area contributed by atoms with Gasteiger partial charge < -0.3 is 9.47 Å². The molecule has 0 bridgehead atoms. The summed E-state index contributed by atoms with van der Waals surface area (Å²) in [5.74, 6) is 0.226. The van der Waals surface area contributed by atoms with Crippen molar-refractivity contribution in [2.45, 2.75) is 13.8 Å². The topological polar surface area (TPSA) is 77.0 Å². The summed E-state index contributed by atoms with van der Waals surface area (Å²) in [6.45, 7) is 3.78. The number of carbonyl (C=O) groups excluding carboxylic acids is 2. The van der Waals surface area contributed by atoms with Crippen LogP contribution in [0.25, 0.3) is 0 Å². The molecule has 0 heterocycles. The second kappa shape index (κ2) is 10.0. The van der Waals surface area contributed by atoms with Gasteiger partial charge in [0, 0.05) is 0 Å². The van der Waals surface area contributed by atoms with Crippen LogP contribution in [0.15, 0.2) is 77.9 Å². The molecule has 3 aromatic rings. The highest BCUT2D eigenvalue weighted by Gasteiger charge is 2.08. The minimum absolute atomic E-state index is 0.143. The summed E-state index contributed by atoms with van der Waals surface area (Å²) in [6, 6.07) is 21.3. The van der Waals surface area contributed by atoms with Gasteiger partial charge in [0.15, 0.2) is 6.61 Å². The van der Waals surface area contributed by atoms with Crippen molar-refractivity contribution in [1.82, 2.24) is 5.43 Å². The van der Waals surface area contributed by atoms with Crippen LogP contribution in [-0.4, -0.2) is 24.7 Å². The average Bonchev–Trinajstić information content (AvgIpc) is 2.74. The van der Waals surface area contributed by atoms with Gasteiger partial charge in [-0.05, 0) is 55.3 Å². The summed E-state index contributed by atoms with van der Waals surface area (Å²) in [6.07, 6.45) is 1.47. The Kier molecular flexibility index (Phi) is 6.95. The Morgan fingerprint density at radius 2 is 1.77 bits per heavy atom. The van der Waals surface area contributed by atoms with Crippen LogP contribution < -0.4 is 14.9 Å². The second-order valence-corrected chi connectivity index (χ2v) is 6.68. The molecular formula is C24H22N2O4. The molecular weight excluding hydrogens is 380 g/mol. The van der Waals surface area contributed by atoms with Gasteiger partial charge in [-0.15, -0.1) is 0 Å². The van der Waals surface area contributed by atoms with Crippen LogP contribution >= 0.6 is 0 Å². The Morgan fingerprint density at radius 3 is 2.53 bits per heavy atom. The summed E-state index contributed by atoms with van der Waals surface area (Å²) < 4.78 is 10.9. The molecule has 0 spiro atoms. The highest BCUT2D eigenvalue weighted by Crippen LogP contribution is 2.18. The van der Waals surface area contributed by atoms with Crippen molar-refractivity contribution in [2.75, 3.05) is 6.61 Å². The van der Waals surface area contributed by atoms with Gasteiger partial charge in [-0.3, -0.25) is 4.79 Å². The van der Waals surface area contributed by atoms with Gasteiger partial charge in [0.05, 0.1) is 11.8 Å². The minimum atomic E-state index is -0.443. The highest BCUT2D eigenvalue weighted by atomic mass is 16.5. The van der Waals surface area contributed by atoms with E-state index in [4.69, 9.17) is 9.47 Å². The van der Waals surface area contributed by atoms with Crippen LogP contribution in [0.2, 0.25) is 0 Å². The zero-order chi connectivity index (χ0) is 21.3. The summed E-state index contributed by atoms with van der Waals surface area (Å²) >= 11 is 0. The van der Waals surface area contributed by atoms with Crippen molar-refractivity contribution in [3.63, 3.8) is 0 Å². The largest absolute Gasteiger partial charge is 0.483 e. The van der Waals surface area contributed by atoms with E-state index in [1.54, 1.807) is 48.5 Å². The molecule has 152 valence electrons. The first-order valence-electron chi connectivity index (χ1n) is 9.40. The number of ether oxygens (including phenoxy) is 2. The number of esters is 1. The molecule has 1 N–H and O–H groups in total. The van der Waals surface area contributed by atoms with Gasteiger partial charge in [0.2, 0.25) is 0 Å². The number of carbonyl (C=O) groups is 2. The van der Waals surface area contributed by atoms with Crippen molar-refractivity contribution in [3.8, 4) is 11.5 Å². The second-order valence-electron chi connectivity index (χ2n) is 6.68. The van der Waals surface area contributed by atoms with E-state index >= 15 is 0 Å². The standard InChI is InChI=1S/C24H22N2O4/c1-17-11-12-22(18(2)13-17)29-16-23(27)26-25-15-19-7-6-10-21(14-19)30-24(28)20-8-4-3-5-9-20/h3-15H,16H2,1-2H3,(H,26,27). The molecule has 0 unspecified atom stereocenters. The fourth-order valence-corrected chi connectivity index (χ4v) is 2.71. The summed E-state index contributed by atoms with van der Waals surface area (Å²) in [4.78, 5) is 24.1. The molecule has 0 radical (unpaired) electrons. The molecule has 1 amide bonds. The lowest BCUT2D eigenvalue weighted by Gasteiger charge is -2.08. The minimum Gasteiger partial charge on any atom is -0.483 e. The van der Waals surface area contributed by atoms with E-state index in [1.807, 2.05) is 38.1 Å². The van der Waals surface area contributed by atoms with E-state index in [-0.39, 0.29) is 12.5 Å². The maximum atomic E-state index is 12.1. The quantitative estimate of drug-likeness (QED) is 0.280. The third kappa shape index (κ3) is 6.04. The Labute approximate surface area is 175 Å². The van der Waals surface area contributed by atoms with E-state index < -0.39 is 5.97 Å². The molecule has 0 saturated carbocycles. The average molecular weight is 402 g/mol. The highest BCUT2D eigenvalue weighted by molar-refractivity contribution is 5.91. The number of nitrogens with zero attached hydrogens (tertiary/aromatic N) is 1. The molecule has 0 fully saturated rings. The first-order valence-corrected chi connectivity index (χ1v) is 9.40. The van der Waals surface area contributed by atoms with E-state index in [0.29, 0.717) is 22.6 Å². The Morgan fingerprint density at radius 1 is 0.967 bits per heavy atom. The van der Waals surface area contributed by atoms with Gasteiger partial charge in [-0.1, -0.05) is 48.0 Å². The first kappa shape index (κ1) is 20.8. The maximum Gasteiger partial charge on any atom is 0.343 e. The molecule has 0 aromatic heterocycles. The zero-order valence-corrected chi connectivity index (χ0v) is 16.8. The summed E-state index contributed by atoms with van der Waals surface area (Å²) in [7, 11) is 0. The van der Waals surface area contributed by atoms with E-state index in [2.05, 4.69) is 10.5 Å². The fraction of sp³-hybridized carbons (Fsp3) is 0.125. The third-order valence-electron chi connectivity index (χ3n) is 4.17. The maximum absolute atomic E-state index is 12.1. The molecule has 30 heavy (non-hydrogen) atoms. The Balaban J connectivity index is 1.51. The fourth-order valence-electron chi connectivity index (χ4n) is 2.71. The molecule has 3 aromatic carbocycles. The van der Waals surface area contributed by atoms with Crippen LogP contribution in [0.5, 0.6) is 11.5 Å². The first-order chi connectivity index (χ1) is 14.5. The number of amides is 1. The predicted molar refractivity (Wildman–Crippen MR) is 115 cm³/mol. The molecule has 0 atom stereocenters. The number of hydrazone groups is 1. The van der Waals surface area contributed by atoms with Crippen molar-refractivity contribution in [3.05, 3.63) is 95.1 Å². The lowest BCUT2D eigenvalue weighted by molar-refractivity contribution is -0.123. The number of hydrogen-bond acceptors (Lipinski definition) is 5. The molecule has 0 aliphatic heterocycles. The van der Waals surface area contributed by atoms with Crippen LogP contribution in [-0.2, 0) is 4.79 Å². The normalized spacial score (nSPS) is 10.6. The monoisotopic (exact) mass is 402 g/mol. The predicted octanol–water partition coefficient (Wildman–Crippen LogP) is 4.05. The molecule has 3 rings (SSSR count). The van der Waals surface area contributed by atoms with Crippen LogP contribution in [0.1, 0.15) is 27.0 Å². The Bertz CT molecular complexity index is 1060. The van der Waals surface area contributed by atoms with Gasteiger partial charge in [0.1, 0.15) is 11.5 Å². The third-order valence-corrected chi connectivity index (χ3v) is 4.17. The Hall–Kier alpha value is -3.93. The molecule has 0 saturated heterocycles.